The highest BCUT2D eigenvalue weighted by atomic mass is 16.5. The van der Waals surface area contributed by atoms with Crippen molar-refractivity contribution in [2.45, 2.75) is 31.9 Å². The Hall–Kier alpha value is -1.20. The molecular weight excluding hydrogens is 228 g/mol. The van der Waals surface area contributed by atoms with Crippen molar-refractivity contribution in [2.75, 3.05) is 31.6 Å². The second-order valence-electron chi connectivity index (χ2n) is 5.25. The van der Waals surface area contributed by atoms with E-state index >= 15 is 0 Å². The largest absolute Gasteiger partial charge is 0.373 e. The molecule has 18 heavy (non-hydrogen) atoms. The number of fused-ring (bicyclic) bond motifs is 1. The maximum Gasteiger partial charge on any atom is 0.148 e. The quantitative estimate of drug-likeness (QED) is 0.867. The fourth-order valence-electron chi connectivity index (χ4n) is 2.78. The number of ether oxygens (including phenoxy) is 1. The maximum atomic E-state index is 5.89. The first-order chi connectivity index (χ1) is 8.81. The Morgan fingerprint density at radius 1 is 1.56 bits per heavy atom. The molecule has 5 nitrogen and oxygen atoms in total. The Balaban J connectivity index is 1.51. The molecule has 3 rings (SSSR count). The van der Waals surface area contributed by atoms with Crippen molar-refractivity contribution in [3.8, 4) is 0 Å². The van der Waals surface area contributed by atoms with Gasteiger partial charge in [0.1, 0.15) is 5.82 Å². The van der Waals surface area contributed by atoms with Gasteiger partial charge >= 0.3 is 0 Å². The van der Waals surface area contributed by atoms with E-state index in [0.29, 0.717) is 6.04 Å². The zero-order valence-corrected chi connectivity index (χ0v) is 10.8. The summed E-state index contributed by atoms with van der Waals surface area (Å²) in [6, 6.07) is 2.68. The summed E-state index contributed by atoms with van der Waals surface area (Å²) in [6.45, 7) is 5.98. The van der Waals surface area contributed by atoms with Gasteiger partial charge in [-0.3, -0.25) is 4.90 Å². The molecular formula is C13H20N4O. The Kier molecular flexibility index (Phi) is 3.43. The van der Waals surface area contributed by atoms with E-state index in [0.717, 1.165) is 31.1 Å². The van der Waals surface area contributed by atoms with E-state index in [9.17, 15) is 0 Å². The van der Waals surface area contributed by atoms with Crippen molar-refractivity contribution >= 4 is 5.82 Å². The summed E-state index contributed by atoms with van der Waals surface area (Å²) in [7, 11) is 0. The molecule has 3 heterocycles. The second-order valence-corrected chi connectivity index (χ2v) is 5.25. The number of aryl methyl sites for hydroxylation is 1. The number of rotatable bonds is 3. The number of nitrogens with zero attached hydrogens (tertiary/aromatic N) is 3. The average molecular weight is 248 g/mol. The fourth-order valence-corrected chi connectivity index (χ4v) is 2.78. The van der Waals surface area contributed by atoms with Crippen LogP contribution in [0, 0.1) is 6.92 Å². The molecule has 0 aliphatic carbocycles. The van der Waals surface area contributed by atoms with Crippen LogP contribution in [0.25, 0.3) is 0 Å². The summed E-state index contributed by atoms with van der Waals surface area (Å²) < 4.78 is 5.89. The van der Waals surface area contributed by atoms with Gasteiger partial charge in [0.25, 0.3) is 0 Å². The van der Waals surface area contributed by atoms with Crippen molar-refractivity contribution in [1.29, 1.82) is 0 Å². The van der Waals surface area contributed by atoms with E-state index in [1.54, 1.807) is 6.20 Å². The van der Waals surface area contributed by atoms with Crippen molar-refractivity contribution in [3.63, 3.8) is 0 Å². The zero-order chi connectivity index (χ0) is 12.4. The van der Waals surface area contributed by atoms with Crippen LogP contribution in [-0.4, -0.2) is 53.5 Å². The third kappa shape index (κ3) is 2.62. The van der Waals surface area contributed by atoms with Gasteiger partial charge in [0.15, 0.2) is 0 Å². The van der Waals surface area contributed by atoms with Gasteiger partial charge in [-0.05, 0) is 37.9 Å². The Labute approximate surface area is 108 Å². The van der Waals surface area contributed by atoms with Crippen LogP contribution in [0.5, 0.6) is 0 Å². The summed E-state index contributed by atoms with van der Waals surface area (Å²) >= 11 is 0. The molecule has 1 aromatic heterocycles. The lowest BCUT2D eigenvalue weighted by Gasteiger charge is -2.35. The lowest BCUT2D eigenvalue weighted by atomic mass is 10.2. The molecule has 0 radical (unpaired) electrons. The van der Waals surface area contributed by atoms with E-state index in [2.05, 4.69) is 20.4 Å². The lowest BCUT2D eigenvalue weighted by molar-refractivity contribution is -0.0416. The third-order valence-electron chi connectivity index (χ3n) is 3.76. The van der Waals surface area contributed by atoms with Crippen LogP contribution in [0.4, 0.5) is 5.82 Å². The zero-order valence-electron chi connectivity index (χ0n) is 10.8. The minimum atomic E-state index is 0.265. The molecule has 0 spiro atoms. The molecule has 0 aromatic carbocycles. The molecule has 2 atom stereocenters. The van der Waals surface area contributed by atoms with Crippen LogP contribution >= 0.6 is 0 Å². The predicted octanol–water partition coefficient (Wildman–Crippen LogP) is 1.06. The molecule has 98 valence electrons. The minimum absolute atomic E-state index is 0.265. The van der Waals surface area contributed by atoms with Crippen molar-refractivity contribution in [1.82, 2.24) is 15.1 Å². The standard InChI is InChI=1S/C13H20N4O/c1-10-5-13(16-15-6-10)14-7-12-8-17-4-2-3-11(17)9-18-12/h5-6,11-12H,2-4,7-9H2,1H3,(H,14,16). The lowest BCUT2D eigenvalue weighted by Crippen LogP contribution is -2.48. The maximum absolute atomic E-state index is 5.89. The van der Waals surface area contributed by atoms with E-state index < -0.39 is 0 Å². The normalized spacial score (nSPS) is 28.1. The number of morpholine rings is 1. The molecule has 2 saturated heterocycles. The fraction of sp³-hybridized carbons (Fsp3) is 0.692. The summed E-state index contributed by atoms with van der Waals surface area (Å²) in [5.74, 6) is 0.835. The topological polar surface area (TPSA) is 50.3 Å². The van der Waals surface area contributed by atoms with Crippen LogP contribution in [0.1, 0.15) is 18.4 Å². The number of aromatic nitrogens is 2. The Bertz CT molecular complexity index is 412. The van der Waals surface area contributed by atoms with Crippen molar-refractivity contribution in [3.05, 3.63) is 17.8 Å². The molecule has 2 fully saturated rings. The van der Waals surface area contributed by atoms with Crippen LogP contribution in [0.2, 0.25) is 0 Å². The third-order valence-corrected chi connectivity index (χ3v) is 3.76. The van der Waals surface area contributed by atoms with Gasteiger partial charge in [-0.15, -0.1) is 5.10 Å². The Morgan fingerprint density at radius 3 is 3.39 bits per heavy atom. The van der Waals surface area contributed by atoms with Gasteiger partial charge in [-0.25, -0.2) is 0 Å². The molecule has 2 aliphatic heterocycles. The molecule has 2 aliphatic rings. The highest BCUT2D eigenvalue weighted by Crippen LogP contribution is 2.22. The van der Waals surface area contributed by atoms with Gasteiger partial charge in [0, 0.05) is 19.1 Å². The molecule has 0 bridgehead atoms. The van der Waals surface area contributed by atoms with Gasteiger partial charge in [0.2, 0.25) is 0 Å². The van der Waals surface area contributed by atoms with Crippen molar-refractivity contribution < 1.29 is 4.74 Å². The van der Waals surface area contributed by atoms with E-state index in [1.165, 1.54) is 19.4 Å². The molecule has 5 heteroatoms. The Morgan fingerprint density at radius 2 is 2.50 bits per heavy atom. The first-order valence-electron chi connectivity index (χ1n) is 6.70. The van der Waals surface area contributed by atoms with Gasteiger partial charge in [-0.1, -0.05) is 0 Å². The van der Waals surface area contributed by atoms with Crippen LogP contribution in [-0.2, 0) is 4.74 Å². The first kappa shape index (κ1) is 11.9. The minimum Gasteiger partial charge on any atom is -0.373 e. The van der Waals surface area contributed by atoms with Gasteiger partial charge in [-0.2, -0.15) is 5.10 Å². The first-order valence-corrected chi connectivity index (χ1v) is 6.70. The SMILES string of the molecule is Cc1cnnc(NCC2CN3CCCC3CO2)c1. The molecule has 0 saturated carbocycles. The van der Waals surface area contributed by atoms with E-state index in [1.807, 2.05) is 13.0 Å². The van der Waals surface area contributed by atoms with Crippen LogP contribution in [0.3, 0.4) is 0 Å². The van der Waals surface area contributed by atoms with Gasteiger partial charge in [0.05, 0.1) is 18.9 Å². The number of anilines is 1. The predicted molar refractivity (Wildman–Crippen MR) is 69.6 cm³/mol. The van der Waals surface area contributed by atoms with Gasteiger partial charge < -0.3 is 10.1 Å². The summed E-state index contributed by atoms with van der Waals surface area (Å²) in [6.07, 6.45) is 4.64. The highest BCUT2D eigenvalue weighted by molar-refractivity contribution is 5.35. The average Bonchev–Trinajstić information content (AvgIpc) is 2.84. The summed E-state index contributed by atoms with van der Waals surface area (Å²) in [5.41, 5.74) is 1.12. The summed E-state index contributed by atoms with van der Waals surface area (Å²) in [5, 5.41) is 11.3. The van der Waals surface area contributed by atoms with Crippen molar-refractivity contribution in [2.24, 2.45) is 0 Å². The van der Waals surface area contributed by atoms with E-state index in [4.69, 9.17) is 4.74 Å². The molecule has 2 unspecified atom stereocenters. The highest BCUT2D eigenvalue weighted by Gasteiger charge is 2.31. The second kappa shape index (κ2) is 5.20. The van der Waals surface area contributed by atoms with E-state index in [-0.39, 0.29) is 6.10 Å². The molecule has 1 aromatic rings. The van der Waals surface area contributed by atoms with Crippen LogP contribution < -0.4 is 5.32 Å². The van der Waals surface area contributed by atoms with Crippen LogP contribution in [0.15, 0.2) is 12.3 Å². The number of hydrogen-bond acceptors (Lipinski definition) is 5. The molecule has 1 N–H and O–H groups in total. The number of nitrogens with one attached hydrogen (secondary N) is 1. The number of hydrogen-bond donors (Lipinski definition) is 1. The summed E-state index contributed by atoms with van der Waals surface area (Å²) in [4.78, 5) is 2.55. The monoisotopic (exact) mass is 248 g/mol. The molecule has 0 amide bonds. The smallest absolute Gasteiger partial charge is 0.148 e.